The zero-order valence-electron chi connectivity index (χ0n) is 10.5. The van der Waals surface area contributed by atoms with Gasteiger partial charge in [0.2, 0.25) is 5.17 Å². The number of carbonyl (C=O) groups is 2. The molecule has 0 heterocycles. The molecule has 7 heteroatoms. The van der Waals surface area contributed by atoms with Crippen LogP contribution < -0.4 is 0 Å². The van der Waals surface area contributed by atoms with E-state index >= 15 is 0 Å². The predicted molar refractivity (Wildman–Crippen MR) is 69.7 cm³/mol. The van der Waals surface area contributed by atoms with Crippen molar-refractivity contribution in [1.82, 2.24) is 4.90 Å². The molecule has 0 N–H and O–H groups in total. The Labute approximate surface area is 115 Å². The van der Waals surface area contributed by atoms with Crippen LogP contribution >= 0.6 is 11.6 Å². The largest absolute Gasteiger partial charge is 0.535 e. The summed E-state index contributed by atoms with van der Waals surface area (Å²) in [6.07, 6.45) is -1.03. The van der Waals surface area contributed by atoms with E-state index in [-0.39, 0.29) is 6.61 Å². The molecule has 102 valence electrons. The van der Waals surface area contributed by atoms with Crippen LogP contribution in [0.15, 0.2) is 35.5 Å². The maximum atomic E-state index is 11.3. The van der Waals surface area contributed by atoms with Crippen LogP contribution in [0.3, 0.4) is 0 Å². The average molecular weight is 285 g/mol. The topological polar surface area (TPSA) is 68.2 Å². The summed E-state index contributed by atoms with van der Waals surface area (Å²) in [7, 11) is 2.99. The molecule has 1 aromatic rings. The van der Waals surface area contributed by atoms with E-state index in [0.29, 0.717) is 0 Å². The molecule has 0 radical (unpaired) electrons. The zero-order chi connectivity index (χ0) is 14.3. The fraction of sp³-hybridized carbons (Fsp3) is 0.250. The first kappa shape index (κ1) is 15.0. The van der Waals surface area contributed by atoms with Crippen LogP contribution in [0.5, 0.6) is 0 Å². The average Bonchev–Trinajstić information content (AvgIpc) is 2.42. The SMILES string of the molecule is CN(C)C(=O)/C(Cl)=N/OC(=O)OCc1ccccc1. The number of benzene rings is 1. The smallest absolute Gasteiger partial charge is 0.428 e. The number of amides is 1. The molecule has 1 amide bonds. The van der Waals surface area contributed by atoms with Crippen LogP contribution in [-0.4, -0.2) is 36.2 Å². The molecule has 0 aliphatic heterocycles. The number of carbonyl (C=O) groups excluding carboxylic acids is 2. The van der Waals surface area contributed by atoms with Crippen molar-refractivity contribution < 1.29 is 19.2 Å². The van der Waals surface area contributed by atoms with E-state index in [1.165, 1.54) is 19.0 Å². The molecule has 0 spiro atoms. The molecule has 0 unspecified atom stereocenters. The predicted octanol–water partition coefficient (Wildman–Crippen LogP) is 1.98. The summed E-state index contributed by atoms with van der Waals surface area (Å²) in [5, 5.41) is 2.72. The summed E-state index contributed by atoms with van der Waals surface area (Å²) in [5.41, 5.74) is 0.805. The molecule has 0 aliphatic carbocycles. The molecule has 0 bridgehead atoms. The minimum Gasteiger partial charge on any atom is -0.428 e. The number of hydrogen-bond acceptors (Lipinski definition) is 5. The third-order valence-electron chi connectivity index (χ3n) is 1.98. The molecule has 0 aromatic heterocycles. The van der Waals surface area contributed by atoms with Gasteiger partial charge in [-0.05, 0) is 5.56 Å². The Kier molecular flexibility index (Phi) is 5.81. The van der Waals surface area contributed by atoms with Crippen LogP contribution in [0.25, 0.3) is 0 Å². The second-order valence-electron chi connectivity index (χ2n) is 3.70. The first-order valence-electron chi connectivity index (χ1n) is 5.33. The number of nitrogens with zero attached hydrogens (tertiary/aromatic N) is 2. The van der Waals surface area contributed by atoms with Crippen molar-refractivity contribution >= 4 is 28.8 Å². The van der Waals surface area contributed by atoms with Crippen molar-refractivity contribution in [1.29, 1.82) is 0 Å². The standard InChI is InChI=1S/C12H13ClN2O4/c1-15(2)11(16)10(13)14-19-12(17)18-8-9-6-4-3-5-7-9/h3-7H,8H2,1-2H3/b14-10-. The van der Waals surface area contributed by atoms with E-state index in [1.807, 2.05) is 18.2 Å². The molecule has 0 saturated carbocycles. The second kappa shape index (κ2) is 7.38. The van der Waals surface area contributed by atoms with E-state index in [1.54, 1.807) is 12.1 Å². The fourth-order valence-corrected chi connectivity index (χ4v) is 1.25. The maximum Gasteiger partial charge on any atom is 0.535 e. The lowest BCUT2D eigenvalue weighted by atomic mass is 10.2. The van der Waals surface area contributed by atoms with E-state index < -0.39 is 17.2 Å². The molecule has 6 nitrogen and oxygen atoms in total. The maximum absolute atomic E-state index is 11.3. The van der Waals surface area contributed by atoms with Crippen molar-refractivity contribution in [3.63, 3.8) is 0 Å². The van der Waals surface area contributed by atoms with Gasteiger partial charge < -0.3 is 9.64 Å². The first-order valence-corrected chi connectivity index (χ1v) is 5.71. The van der Waals surface area contributed by atoms with Gasteiger partial charge in [0, 0.05) is 14.1 Å². The first-order chi connectivity index (χ1) is 9.00. The zero-order valence-corrected chi connectivity index (χ0v) is 11.3. The molecule has 0 atom stereocenters. The Bertz CT molecular complexity index is 474. The number of rotatable bonds is 4. The highest BCUT2D eigenvalue weighted by atomic mass is 35.5. The normalized spacial score (nSPS) is 10.8. The van der Waals surface area contributed by atoms with E-state index in [2.05, 4.69) is 9.99 Å². The molecule has 1 rings (SSSR count). The second-order valence-corrected chi connectivity index (χ2v) is 4.06. The van der Waals surface area contributed by atoms with Gasteiger partial charge in [0.25, 0.3) is 5.91 Å². The highest BCUT2D eigenvalue weighted by Crippen LogP contribution is 2.02. The highest BCUT2D eigenvalue weighted by Gasteiger charge is 2.13. The van der Waals surface area contributed by atoms with Gasteiger partial charge in [-0.25, -0.2) is 4.79 Å². The number of hydrogen-bond donors (Lipinski definition) is 0. The molecule has 0 aliphatic rings. The Hall–Kier alpha value is -2.08. The van der Waals surface area contributed by atoms with Crippen molar-refractivity contribution in [2.75, 3.05) is 14.1 Å². The quantitative estimate of drug-likeness (QED) is 0.367. The van der Waals surface area contributed by atoms with Gasteiger partial charge in [-0.1, -0.05) is 47.1 Å². The van der Waals surface area contributed by atoms with Gasteiger partial charge in [-0.15, -0.1) is 0 Å². The molecule has 0 fully saturated rings. The lowest BCUT2D eigenvalue weighted by Gasteiger charge is -2.07. The van der Waals surface area contributed by atoms with Crippen LogP contribution in [-0.2, 0) is 21.0 Å². The van der Waals surface area contributed by atoms with Gasteiger partial charge in [-0.3, -0.25) is 9.63 Å². The van der Waals surface area contributed by atoms with Crippen LogP contribution in [0.1, 0.15) is 5.56 Å². The third-order valence-corrected chi connectivity index (χ3v) is 2.21. The van der Waals surface area contributed by atoms with Gasteiger partial charge in [0.05, 0.1) is 0 Å². The van der Waals surface area contributed by atoms with Gasteiger partial charge >= 0.3 is 6.16 Å². The van der Waals surface area contributed by atoms with Crippen LogP contribution in [0, 0.1) is 0 Å². The van der Waals surface area contributed by atoms with E-state index in [4.69, 9.17) is 16.3 Å². The van der Waals surface area contributed by atoms with Crippen molar-refractivity contribution in [3.05, 3.63) is 35.9 Å². The van der Waals surface area contributed by atoms with Gasteiger partial charge in [0.15, 0.2) is 0 Å². The van der Waals surface area contributed by atoms with Crippen LogP contribution in [0.4, 0.5) is 4.79 Å². The van der Waals surface area contributed by atoms with Crippen LogP contribution in [0.2, 0.25) is 0 Å². The third kappa shape index (κ3) is 5.39. The van der Waals surface area contributed by atoms with Crippen molar-refractivity contribution in [2.45, 2.75) is 6.61 Å². The minimum atomic E-state index is -1.03. The molecule has 19 heavy (non-hydrogen) atoms. The fourth-order valence-electron chi connectivity index (χ4n) is 1.04. The minimum absolute atomic E-state index is 0.0500. The van der Waals surface area contributed by atoms with Crippen molar-refractivity contribution in [2.24, 2.45) is 5.16 Å². The number of halogens is 1. The molecular formula is C12H13ClN2O4. The monoisotopic (exact) mass is 284 g/mol. The highest BCUT2D eigenvalue weighted by molar-refractivity contribution is 6.82. The summed E-state index contributed by atoms with van der Waals surface area (Å²) < 4.78 is 4.77. The summed E-state index contributed by atoms with van der Waals surface area (Å²) in [4.78, 5) is 28.0. The Morgan fingerprint density at radius 2 is 1.89 bits per heavy atom. The molecule has 0 saturated heterocycles. The summed E-state index contributed by atoms with van der Waals surface area (Å²) in [6, 6.07) is 9.06. The number of ether oxygens (including phenoxy) is 1. The number of oxime groups is 1. The summed E-state index contributed by atoms with van der Waals surface area (Å²) >= 11 is 5.51. The summed E-state index contributed by atoms with van der Waals surface area (Å²) in [6.45, 7) is 0.0500. The van der Waals surface area contributed by atoms with Crippen molar-refractivity contribution in [3.8, 4) is 0 Å². The Balaban J connectivity index is 2.40. The Morgan fingerprint density at radius 3 is 2.47 bits per heavy atom. The molecular weight excluding hydrogens is 272 g/mol. The van der Waals surface area contributed by atoms with Gasteiger partial charge in [-0.2, -0.15) is 0 Å². The Morgan fingerprint density at radius 1 is 1.26 bits per heavy atom. The lowest BCUT2D eigenvalue weighted by Crippen LogP contribution is -2.27. The van der Waals surface area contributed by atoms with E-state index in [9.17, 15) is 9.59 Å². The van der Waals surface area contributed by atoms with E-state index in [0.717, 1.165) is 5.56 Å². The molecule has 1 aromatic carbocycles. The summed E-state index contributed by atoms with van der Waals surface area (Å²) in [5.74, 6) is -0.572. The van der Waals surface area contributed by atoms with Gasteiger partial charge in [0.1, 0.15) is 6.61 Å². The lowest BCUT2D eigenvalue weighted by molar-refractivity contribution is -0.121.